The van der Waals surface area contributed by atoms with E-state index in [-0.39, 0.29) is 12.3 Å². The number of benzene rings is 1. The van der Waals surface area contributed by atoms with E-state index in [0.29, 0.717) is 6.61 Å². The summed E-state index contributed by atoms with van der Waals surface area (Å²) >= 11 is 0. The van der Waals surface area contributed by atoms with Gasteiger partial charge in [-0.15, -0.1) is 0 Å². The third-order valence-corrected chi connectivity index (χ3v) is 2.52. The Morgan fingerprint density at radius 2 is 2.47 bits per heavy atom. The van der Waals surface area contributed by atoms with Gasteiger partial charge in [0.05, 0.1) is 20.1 Å². The first kappa shape index (κ1) is 9.83. The highest BCUT2D eigenvalue weighted by Gasteiger charge is 2.26. The van der Waals surface area contributed by atoms with Crippen molar-refractivity contribution in [3.8, 4) is 11.5 Å². The van der Waals surface area contributed by atoms with Crippen LogP contribution in [0, 0.1) is 0 Å². The number of hydrogen-bond acceptors (Lipinski definition) is 3. The van der Waals surface area contributed by atoms with E-state index in [1.165, 1.54) is 0 Å². The van der Waals surface area contributed by atoms with Crippen molar-refractivity contribution >= 4 is 5.97 Å². The van der Waals surface area contributed by atoms with E-state index in [9.17, 15) is 4.79 Å². The van der Waals surface area contributed by atoms with Crippen LogP contribution in [0.15, 0.2) is 18.2 Å². The second kappa shape index (κ2) is 3.81. The fourth-order valence-electron chi connectivity index (χ4n) is 1.76. The third kappa shape index (κ3) is 1.88. The minimum absolute atomic E-state index is 0.0624. The van der Waals surface area contributed by atoms with Crippen molar-refractivity contribution in [1.29, 1.82) is 0 Å². The van der Waals surface area contributed by atoms with Gasteiger partial charge in [-0.3, -0.25) is 4.79 Å². The average Bonchev–Trinajstić information content (AvgIpc) is 2.60. The van der Waals surface area contributed by atoms with Gasteiger partial charge in [0, 0.05) is 11.5 Å². The van der Waals surface area contributed by atoms with Gasteiger partial charge in [-0.1, -0.05) is 0 Å². The average molecular weight is 208 g/mol. The molecule has 0 fully saturated rings. The first-order chi connectivity index (χ1) is 7.20. The second-order valence-electron chi connectivity index (χ2n) is 3.51. The second-order valence-corrected chi connectivity index (χ2v) is 3.51. The molecule has 1 aliphatic rings. The van der Waals surface area contributed by atoms with E-state index >= 15 is 0 Å². The van der Waals surface area contributed by atoms with E-state index in [4.69, 9.17) is 14.6 Å². The Hall–Kier alpha value is -1.71. The number of methoxy groups -OCH3 is 1. The number of aliphatic carboxylic acids is 1. The molecule has 1 atom stereocenters. The van der Waals surface area contributed by atoms with Gasteiger partial charge >= 0.3 is 5.97 Å². The lowest BCUT2D eigenvalue weighted by atomic mass is 9.98. The molecule has 4 nitrogen and oxygen atoms in total. The van der Waals surface area contributed by atoms with Gasteiger partial charge in [-0.05, 0) is 18.2 Å². The molecule has 0 saturated carbocycles. The van der Waals surface area contributed by atoms with Crippen molar-refractivity contribution in [2.75, 3.05) is 13.7 Å². The summed E-state index contributed by atoms with van der Waals surface area (Å²) < 4.78 is 10.5. The molecule has 1 aromatic carbocycles. The predicted octanol–water partition coefficient (Wildman–Crippen LogP) is 1.65. The van der Waals surface area contributed by atoms with Gasteiger partial charge in [0.2, 0.25) is 0 Å². The summed E-state index contributed by atoms with van der Waals surface area (Å²) in [4.78, 5) is 10.6. The van der Waals surface area contributed by atoms with Crippen LogP contribution in [0.1, 0.15) is 17.9 Å². The molecular weight excluding hydrogens is 196 g/mol. The quantitative estimate of drug-likeness (QED) is 0.820. The Morgan fingerprint density at radius 1 is 1.67 bits per heavy atom. The van der Waals surface area contributed by atoms with E-state index in [2.05, 4.69) is 0 Å². The molecule has 0 saturated heterocycles. The Bertz CT molecular complexity index is 386. The highest BCUT2D eigenvalue weighted by atomic mass is 16.5. The van der Waals surface area contributed by atoms with Crippen LogP contribution in [0.4, 0.5) is 0 Å². The van der Waals surface area contributed by atoms with E-state index in [0.717, 1.165) is 17.1 Å². The van der Waals surface area contributed by atoms with E-state index in [1.807, 2.05) is 18.2 Å². The Kier molecular flexibility index (Phi) is 2.49. The minimum atomic E-state index is -0.806. The third-order valence-electron chi connectivity index (χ3n) is 2.52. The number of ether oxygens (including phenoxy) is 2. The maximum atomic E-state index is 10.6. The first-order valence-electron chi connectivity index (χ1n) is 4.73. The van der Waals surface area contributed by atoms with Crippen LogP contribution >= 0.6 is 0 Å². The number of rotatable bonds is 3. The molecular formula is C11H12O4. The van der Waals surface area contributed by atoms with Crippen molar-refractivity contribution in [2.45, 2.75) is 12.3 Å². The molecule has 4 heteroatoms. The SMILES string of the molecule is COc1ccc2c(c1)[C@@H](CC(=O)O)CO2. The van der Waals surface area contributed by atoms with Crippen molar-refractivity contribution in [3.63, 3.8) is 0 Å². The van der Waals surface area contributed by atoms with Crippen LogP contribution in [-0.2, 0) is 4.79 Å². The zero-order valence-corrected chi connectivity index (χ0v) is 8.40. The molecule has 0 unspecified atom stereocenters. The molecule has 0 bridgehead atoms. The van der Waals surface area contributed by atoms with Gasteiger partial charge < -0.3 is 14.6 Å². The number of hydrogen-bond donors (Lipinski definition) is 1. The van der Waals surface area contributed by atoms with Crippen LogP contribution < -0.4 is 9.47 Å². The van der Waals surface area contributed by atoms with E-state index < -0.39 is 5.97 Å². The summed E-state index contributed by atoms with van der Waals surface area (Å²) in [5, 5.41) is 8.74. The molecule has 80 valence electrons. The maximum Gasteiger partial charge on any atom is 0.304 e. The van der Waals surface area contributed by atoms with Crippen molar-refractivity contribution in [2.24, 2.45) is 0 Å². The predicted molar refractivity (Wildman–Crippen MR) is 53.5 cm³/mol. The molecule has 1 aromatic rings. The van der Waals surface area contributed by atoms with Crippen LogP contribution in [0.2, 0.25) is 0 Å². The molecule has 2 rings (SSSR count). The smallest absolute Gasteiger partial charge is 0.304 e. The Labute approximate surface area is 87.4 Å². The van der Waals surface area contributed by atoms with Gasteiger partial charge in [0.1, 0.15) is 11.5 Å². The lowest BCUT2D eigenvalue weighted by Crippen LogP contribution is -2.07. The highest BCUT2D eigenvalue weighted by molar-refractivity contribution is 5.68. The van der Waals surface area contributed by atoms with Gasteiger partial charge in [-0.2, -0.15) is 0 Å². The number of carbonyl (C=O) groups is 1. The molecule has 15 heavy (non-hydrogen) atoms. The molecule has 0 spiro atoms. The largest absolute Gasteiger partial charge is 0.497 e. The van der Waals surface area contributed by atoms with Crippen molar-refractivity contribution < 1.29 is 19.4 Å². The number of carboxylic acids is 1. The van der Waals surface area contributed by atoms with Crippen LogP contribution in [-0.4, -0.2) is 24.8 Å². The summed E-state index contributed by atoms with van der Waals surface area (Å²) in [6.45, 7) is 0.439. The number of carboxylic acid groups (broad SMARTS) is 1. The van der Waals surface area contributed by atoms with Gasteiger partial charge in [-0.25, -0.2) is 0 Å². The van der Waals surface area contributed by atoms with Crippen LogP contribution in [0.3, 0.4) is 0 Å². The minimum Gasteiger partial charge on any atom is -0.497 e. The fraction of sp³-hybridized carbons (Fsp3) is 0.364. The summed E-state index contributed by atoms with van der Waals surface area (Å²) in [6.07, 6.45) is 0.0974. The Morgan fingerprint density at radius 3 is 3.13 bits per heavy atom. The zero-order valence-electron chi connectivity index (χ0n) is 8.40. The topological polar surface area (TPSA) is 55.8 Å². The fourth-order valence-corrected chi connectivity index (χ4v) is 1.76. The number of fused-ring (bicyclic) bond motifs is 1. The molecule has 0 aliphatic carbocycles. The van der Waals surface area contributed by atoms with Crippen LogP contribution in [0.5, 0.6) is 11.5 Å². The van der Waals surface area contributed by atoms with Crippen molar-refractivity contribution in [3.05, 3.63) is 23.8 Å². The van der Waals surface area contributed by atoms with Gasteiger partial charge in [0.25, 0.3) is 0 Å². The first-order valence-corrected chi connectivity index (χ1v) is 4.73. The lowest BCUT2D eigenvalue weighted by molar-refractivity contribution is -0.137. The monoisotopic (exact) mass is 208 g/mol. The summed E-state index contributed by atoms with van der Waals surface area (Å²) in [5.41, 5.74) is 0.928. The molecule has 0 amide bonds. The standard InChI is InChI=1S/C11H12O4/c1-14-8-2-3-10-9(5-8)7(6-15-10)4-11(12)13/h2-3,5,7H,4,6H2,1H3,(H,12,13)/t7-/m0/s1. The molecule has 0 radical (unpaired) electrons. The summed E-state index contributed by atoms with van der Waals surface area (Å²) in [5.74, 6) is 0.628. The van der Waals surface area contributed by atoms with Gasteiger partial charge in [0.15, 0.2) is 0 Å². The van der Waals surface area contributed by atoms with Crippen molar-refractivity contribution in [1.82, 2.24) is 0 Å². The Balaban J connectivity index is 2.27. The lowest BCUT2D eigenvalue weighted by Gasteiger charge is -2.06. The summed E-state index contributed by atoms with van der Waals surface area (Å²) in [6, 6.07) is 5.47. The van der Waals surface area contributed by atoms with E-state index in [1.54, 1.807) is 7.11 Å². The molecule has 1 aliphatic heterocycles. The molecule has 1 N–H and O–H groups in total. The highest BCUT2D eigenvalue weighted by Crippen LogP contribution is 2.37. The van der Waals surface area contributed by atoms with Crippen LogP contribution in [0.25, 0.3) is 0 Å². The summed E-state index contributed by atoms with van der Waals surface area (Å²) in [7, 11) is 1.59. The maximum absolute atomic E-state index is 10.6. The zero-order chi connectivity index (χ0) is 10.8. The molecule has 0 aromatic heterocycles. The normalized spacial score (nSPS) is 18.1. The molecule has 1 heterocycles.